The first-order chi connectivity index (χ1) is 5.68. The van der Waals surface area contributed by atoms with E-state index in [1.807, 2.05) is 0 Å². The second-order valence-corrected chi connectivity index (χ2v) is 2.33. The SMILES string of the molecule is CC(=O)OCc1cncc(O)c1. The third-order valence-electron chi connectivity index (χ3n) is 1.22. The lowest BCUT2D eigenvalue weighted by Crippen LogP contribution is -1.98. The van der Waals surface area contributed by atoms with Gasteiger partial charge in [-0.15, -0.1) is 0 Å². The molecule has 12 heavy (non-hydrogen) atoms. The normalized spacial score (nSPS) is 9.42. The first kappa shape index (κ1) is 8.52. The van der Waals surface area contributed by atoms with E-state index >= 15 is 0 Å². The molecule has 0 spiro atoms. The average molecular weight is 167 g/mol. The van der Waals surface area contributed by atoms with Crippen LogP contribution in [0.5, 0.6) is 5.75 Å². The number of esters is 1. The minimum atomic E-state index is -0.349. The summed E-state index contributed by atoms with van der Waals surface area (Å²) in [5, 5.41) is 8.98. The highest BCUT2D eigenvalue weighted by molar-refractivity contribution is 5.65. The molecule has 0 aliphatic rings. The van der Waals surface area contributed by atoms with E-state index in [-0.39, 0.29) is 18.3 Å². The Kier molecular flexibility index (Phi) is 2.63. The van der Waals surface area contributed by atoms with Crippen LogP contribution in [0.3, 0.4) is 0 Å². The maximum absolute atomic E-state index is 10.4. The molecule has 0 saturated carbocycles. The fourth-order valence-corrected chi connectivity index (χ4v) is 0.738. The lowest BCUT2D eigenvalue weighted by atomic mass is 10.3. The summed E-state index contributed by atoms with van der Waals surface area (Å²) < 4.78 is 4.69. The minimum absolute atomic E-state index is 0.0691. The quantitative estimate of drug-likeness (QED) is 0.663. The Morgan fingerprint density at radius 3 is 3.00 bits per heavy atom. The third kappa shape index (κ3) is 2.57. The lowest BCUT2D eigenvalue weighted by molar-refractivity contribution is -0.142. The van der Waals surface area contributed by atoms with E-state index in [0.717, 1.165) is 0 Å². The van der Waals surface area contributed by atoms with Gasteiger partial charge in [-0.25, -0.2) is 0 Å². The molecule has 1 rings (SSSR count). The molecule has 4 heteroatoms. The van der Waals surface area contributed by atoms with E-state index in [1.54, 1.807) is 0 Å². The Morgan fingerprint density at radius 2 is 2.42 bits per heavy atom. The predicted octanol–water partition coefficient (Wildman–Crippen LogP) is 0.850. The van der Waals surface area contributed by atoms with Gasteiger partial charge < -0.3 is 9.84 Å². The molecule has 0 bridgehead atoms. The number of carbonyl (C=O) groups excluding carboxylic acids is 1. The van der Waals surface area contributed by atoms with Gasteiger partial charge >= 0.3 is 5.97 Å². The van der Waals surface area contributed by atoms with Crippen LogP contribution in [0.25, 0.3) is 0 Å². The Balaban J connectivity index is 2.57. The maximum Gasteiger partial charge on any atom is 0.302 e. The molecule has 0 radical (unpaired) electrons. The number of carbonyl (C=O) groups is 1. The van der Waals surface area contributed by atoms with Crippen molar-refractivity contribution in [3.8, 4) is 5.75 Å². The third-order valence-corrected chi connectivity index (χ3v) is 1.22. The smallest absolute Gasteiger partial charge is 0.302 e. The number of ether oxygens (including phenoxy) is 1. The predicted molar refractivity (Wildman–Crippen MR) is 41.4 cm³/mol. The fourth-order valence-electron chi connectivity index (χ4n) is 0.738. The van der Waals surface area contributed by atoms with Gasteiger partial charge in [-0.1, -0.05) is 0 Å². The van der Waals surface area contributed by atoms with Gasteiger partial charge in [0.2, 0.25) is 0 Å². The highest BCUT2D eigenvalue weighted by Gasteiger charge is 1.97. The van der Waals surface area contributed by atoms with Crippen molar-refractivity contribution in [1.29, 1.82) is 0 Å². The largest absolute Gasteiger partial charge is 0.506 e. The number of pyridine rings is 1. The van der Waals surface area contributed by atoms with Crippen molar-refractivity contribution in [1.82, 2.24) is 4.98 Å². The van der Waals surface area contributed by atoms with Crippen LogP contribution in [0.15, 0.2) is 18.5 Å². The highest BCUT2D eigenvalue weighted by Crippen LogP contribution is 2.08. The van der Waals surface area contributed by atoms with Gasteiger partial charge in [-0.2, -0.15) is 0 Å². The molecule has 64 valence electrons. The molecular weight excluding hydrogens is 158 g/mol. The number of nitrogens with zero attached hydrogens (tertiary/aromatic N) is 1. The van der Waals surface area contributed by atoms with Crippen LogP contribution in [-0.2, 0) is 16.1 Å². The first-order valence-corrected chi connectivity index (χ1v) is 3.45. The van der Waals surface area contributed by atoms with E-state index in [4.69, 9.17) is 9.84 Å². The molecule has 0 fully saturated rings. The zero-order chi connectivity index (χ0) is 8.97. The van der Waals surface area contributed by atoms with Crippen LogP contribution < -0.4 is 0 Å². The topological polar surface area (TPSA) is 59.4 Å². The Morgan fingerprint density at radius 1 is 1.67 bits per heavy atom. The second-order valence-electron chi connectivity index (χ2n) is 2.33. The molecule has 0 aromatic carbocycles. The molecule has 4 nitrogen and oxygen atoms in total. The molecule has 1 heterocycles. The molecule has 0 unspecified atom stereocenters. The van der Waals surface area contributed by atoms with E-state index in [9.17, 15) is 4.79 Å². The van der Waals surface area contributed by atoms with E-state index in [0.29, 0.717) is 5.56 Å². The van der Waals surface area contributed by atoms with E-state index in [2.05, 4.69) is 4.98 Å². The van der Waals surface area contributed by atoms with Crippen LogP contribution in [0, 0.1) is 0 Å². The highest BCUT2D eigenvalue weighted by atomic mass is 16.5. The molecular formula is C8H9NO3. The average Bonchev–Trinajstić information content (AvgIpc) is 2.01. The van der Waals surface area contributed by atoms with Crippen LogP contribution in [-0.4, -0.2) is 16.1 Å². The molecule has 0 aliphatic carbocycles. The minimum Gasteiger partial charge on any atom is -0.506 e. The van der Waals surface area contributed by atoms with Crippen molar-refractivity contribution in [2.45, 2.75) is 13.5 Å². The lowest BCUT2D eigenvalue weighted by Gasteiger charge is -2.00. The van der Waals surface area contributed by atoms with Gasteiger partial charge in [0, 0.05) is 18.7 Å². The Bertz CT molecular complexity index is 285. The summed E-state index contributed by atoms with van der Waals surface area (Å²) >= 11 is 0. The van der Waals surface area contributed by atoms with Crippen molar-refractivity contribution in [2.75, 3.05) is 0 Å². The van der Waals surface area contributed by atoms with Crippen LogP contribution in [0.2, 0.25) is 0 Å². The second kappa shape index (κ2) is 3.71. The number of hydrogen-bond acceptors (Lipinski definition) is 4. The number of aromatic nitrogens is 1. The van der Waals surface area contributed by atoms with Gasteiger partial charge in [0.1, 0.15) is 12.4 Å². The van der Waals surface area contributed by atoms with Crippen molar-refractivity contribution in [2.24, 2.45) is 0 Å². The maximum atomic E-state index is 10.4. The summed E-state index contributed by atoms with van der Waals surface area (Å²) in [6, 6.07) is 1.50. The Hall–Kier alpha value is -1.58. The molecule has 0 amide bonds. The molecule has 1 N–H and O–H groups in total. The summed E-state index contributed by atoms with van der Waals surface area (Å²) in [4.78, 5) is 14.1. The van der Waals surface area contributed by atoms with Gasteiger partial charge in [-0.05, 0) is 6.07 Å². The van der Waals surface area contributed by atoms with Crippen LogP contribution in [0.4, 0.5) is 0 Å². The zero-order valence-corrected chi connectivity index (χ0v) is 6.65. The monoisotopic (exact) mass is 167 g/mol. The van der Waals surface area contributed by atoms with Gasteiger partial charge in [-0.3, -0.25) is 9.78 Å². The van der Waals surface area contributed by atoms with Crippen molar-refractivity contribution in [3.63, 3.8) is 0 Å². The zero-order valence-electron chi connectivity index (χ0n) is 6.65. The summed E-state index contributed by atoms with van der Waals surface area (Å²) in [5.41, 5.74) is 0.671. The molecule has 0 atom stereocenters. The summed E-state index contributed by atoms with van der Waals surface area (Å²) in [7, 11) is 0. The van der Waals surface area contributed by atoms with Gasteiger partial charge in [0.15, 0.2) is 0 Å². The summed E-state index contributed by atoms with van der Waals surface area (Å²) in [6.45, 7) is 1.48. The molecule has 1 aromatic heterocycles. The summed E-state index contributed by atoms with van der Waals surface area (Å²) in [5.74, 6) is -0.280. The van der Waals surface area contributed by atoms with Gasteiger partial charge in [0.25, 0.3) is 0 Å². The standard InChI is InChI=1S/C8H9NO3/c1-6(10)12-5-7-2-8(11)4-9-3-7/h2-4,11H,5H2,1H3. The fraction of sp³-hybridized carbons (Fsp3) is 0.250. The molecule has 0 saturated heterocycles. The molecule has 0 aliphatic heterocycles. The van der Waals surface area contributed by atoms with Gasteiger partial charge in [0.05, 0.1) is 6.20 Å². The van der Waals surface area contributed by atoms with Crippen molar-refractivity contribution < 1.29 is 14.6 Å². The first-order valence-electron chi connectivity index (χ1n) is 3.45. The van der Waals surface area contributed by atoms with E-state index < -0.39 is 0 Å². The van der Waals surface area contributed by atoms with Crippen molar-refractivity contribution in [3.05, 3.63) is 24.0 Å². The number of aromatic hydroxyl groups is 1. The molecule has 1 aromatic rings. The summed E-state index contributed by atoms with van der Waals surface area (Å²) in [6.07, 6.45) is 2.85. The van der Waals surface area contributed by atoms with Crippen molar-refractivity contribution >= 4 is 5.97 Å². The Labute approximate surface area is 69.8 Å². The van der Waals surface area contributed by atoms with E-state index in [1.165, 1.54) is 25.4 Å². The number of hydrogen-bond donors (Lipinski definition) is 1. The van der Waals surface area contributed by atoms with Crippen LogP contribution in [0.1, 0.15) is 12.5 Å². The van der Waals surface area contributed by atoms with Crippen LogP contribution >= 0.6 is 0 Å². The number of rotatable bonds is 2.